The lowest BCUT2D eigenvalue weighted by atomic mass is 10.1. The fourth-order valence-electron chi connectivity index (χ4n) is 3.54. The Bertz CT molecular complexity index is 713. The van der Waals surface area contributed by atoms with Crippen LogP contribution in [0.5, 0.6) is 0 Å². The first-order valence-electron chi connectivity index (χ1n) is 7.67. The summed E-state index contributed by atoms with van der Waals surface area (Å²) < 4.78 is 2.25. The molecule has 2 atom stereocenters. The highest BCUT2D eigenvalue weighted by molar-refractivity contribution is 5.82. The van der Waals surface area contributed by atoms with Gasteiger partial charge in [0.05, 0.1) is 6.33 Å². The van der Waals surface area contributed by atoms with Gasteiger partial charge in [0.25, 0.3) is 0 Å². The average molecular weight is 280 g/mol. The van der Waals surface area contributed by atoms with Gasteiger partial charge in [-0.25, -0.2) is 4.98 Å². The van der Waals surface area contributed by atoms with E-state index in [4.69, 9.17) is 0 Å². The van der Waals surface area contributed by atoms with Gasteiger partial charge in [-0.1, -0.05) is 18.2 Å². The van der Waals surface area contributed by atoms with E-state index < -0.39 is 0 Å². The van der Waals surface area contributed by atoms with Crippen LogP contribution in [0.1, 0.15) is 30.9 Å². The molecule has 2 aromatic heterocycles. The molecule has 3 aromatic rings. The number of H-pyrrole nitrogens is 1. The van der Waals surface area contributed by atoms with E-state index in [1.54, 1.807) is 0 Å². The van der Waals surface area contributed by atoms with Crippen molar-refractivity contribution in [3.63, 3.8) is 0 Å². The van der Waals surface area contributed by atoms with Gasteiger partial charge < -0.3 is 14.9 Å². The molecule has 1 fully saturated rings. The molecule has 108 valence electrons. The van der Waals surface area contributed by atoms with Gasteiger partial charge in [-0.15, -0.1) is 0 Å². The second-order valence-electron chi connectivity index (χ2n) is 5.85. The normalized spacial score (nSPS) is 22.1. The van der Waals surface area contributed by atoms with Crippen LogP contribution in [0.4, 0.5) is 0 Å². The van der Waals surface area contributed by atoms with Crippen LogP contribution in [0.15, 0.2) is 49.2 Å². The van der Waals surface area contributed by atoms with Crippen LogP contribution in [-0.4, -0.2) is 20.6 Å². The summed E-state index contributed by atoms with van der Waals surface area (Å²) in [7, 11) is 0. The second-order valence-corrected chi connectivity index (χ2v) is 5.85. The van der Waals surface area contributed by atoms with Gasteiger partial charge in [0.15, 0.2) is 0 Å². The number of nitrogens with zero attached hydrogens (tertiary/aromatic N) is 2. The van der Waals surface area contributed by atoms with Crippen molar-refractivity contribution in [2.45, 2.75) is 37.9 Å². The minimum Gasteiger partial charge on any atom is -0.361 e. The van der Waals surface area contributed by atoms with Crippen LogP contribution < -0.4 is 5.32 Å². The monoisotopic (exact) mass is 280 g/mol. The van der Waals surface area contributed by atoms with Crippen molar-refractivity contribution in [1.82, 2.24) is 19.9 Å². The molecule has 0 spiro atoms. The van der Waals surface area contributed by atoms with Crippen molar-refractivity contribution in [3.05, 3.63) is 54.7 Å². The zero-order valence-electron chi connectivity index (χ0n) is 12.0. The van der Waals surface area contributed by atoms with E-state index in [1.807, 2.05) is 18.7 Å². The largest absolute Gasteiger partial charge is 0.361 e. The fourth-order valence-corrected chi connectivity index (χ4v) is 3.54. The summed E-state index contributed by atoms with van der Waals surface area (Å²) in [6, 6.07) is 9.68. The Morgan fingerprint density at radius 1 is 1.29 bits per heavy atom. The molecule has 0 saturated heterocycles. The molecular weight excluding hydrogens is 260 g/mol. The first-order valence-corrected chi connectivity index (χ1v) is 7.67. The number of aromatic nitrogens is 3. The third-order valence-corrected chi connectivity index (χ3v) is 4.62. The molecule has 1 aromatic carbocycles. The van der Waals surface area contributed by atoms with Crippen LogP contribution in [-0.2, 0) is 6.54 Å². The lowest BCUT2D eigenvalue weighted by molar-refractivity contribution is 0.391. The Morgan fingerprint density at radius 2 is 2.29 bits per heavy atom. The van der Waals surface area contributed by atoms with E-state index in [0.29, 0.717) is 12.1 Å². The van der Waals surface area contributed by atoms with E-state index in [2.05, 4.69) is 50.3 Å². The number of imidazole rings is 1. The van der Waals surface area contributed by atoms with E-state index >= 15 is 0 Å². The molecule has 1 aliphatic carbocycles. The maximum Gasteiger partial charge on any atom is 0.0949 e. The van der Waals surface area contributed by atoms with Gasteiger partial charge in [0.1, 0.15) is 0 Å². The van der Waals surface area contributed by atoms with Gasteiger partial charge in [-0.3, -0.25) is 0 Å². The van der Waals surface area contributed by atoms with Crippen LogP contribution in [0, 0.1) is 0 Å². The summed E-state index contributed by atoms with van der Waals surface area (Å²) in [5.74, 6) is 0. The number of hydrogen-bond acceptors (Lipinski definition) is 2. The van der Waals surface area contributed by atoms with Gasteiger partial charge in [-0.2, -0.15) is 0 Å². The zero-order valence-corrected chi connectivity index (χ0v) is 12.0. The summed E-state index contributed by atoms with van der Waals surface area (Å²) >= 11 is 0. The second kappa shape index (κ2) is 5.37. The summed E-state index contributed by atoms with van der Waals surface area (Å²) in [5, 5.41) is 5.03. The molecular formula is C17H20N4. The Balaban J connectivity index is 1.50. The van der Waals surface area contributed by atoms with Crippen molar-refractivity contribution in [1.29, 1.82) is 0 Å². The summed E-state index contributed by atoms with van der Waals surface area (Å²) in [4.78, 5) is 7.53. The van der Waals surface area contributed by atoms with E-state index in [-0.39, 0.29) is 0 Å². The minimum absolute atomic E-state index is 0.532. The standard InChI is InChI=1S/C17H20N4/c1-3-13-7-8-19-17(13)14(4-1)11-20-15-5-2-6-16(15)21-10-9-18-12-21/h1,3-4,7-10,12,15-16,19-20H,2,5-6,11H2. The van der Waals surface area contributed by atoms with E-state index in [0.717, 1.165) is 6.54 Å². The lowest BCUT2D eigenvalue weighted by Crippen LogP contribution is -2.33. The molecule has 0 bridgehead atoms. The van der Waals surface area contributed by atoms with Crippen LogP contribution >= 0.6 is 0 Å². The van der Waals surface area contributed by atoms with Gasteiger partial charge in [-0.05, 0) is 36.3 Å². The Hall–Kier alpha value is -2.07. The highest BCUT2D eigenvalue weighted by Gasteiger charge is 2.27. The number of para-hydroxylation sites is 1. The van der Waals surface area contributed by atoms with Crippen molar-refractivity contribution < 1.29 is 0 Å². The number of hydrogen-bond donors (Lipinski definition) is 2. The predicted octanol–water partition coefficient (Wildman–Crippen LogP) is 3.25. The van der Waals surface area contributed by atoms with Crippen LogP contribution in [0.25, 0.3) is 10.9 Å². The number of benzene rings is 1. The maximum absolute atomic E-state index is 4.18. The molecule has 0 radical (unpaired) electrons. The molecule has 2 N–H and O–H groups in total. The number of rotatable bonds is 4. The molecule has 2 heterocycles. The van der Waals surface area contributed by atoms with Crippen molar-refractivity contribution >= 4 is 10.9 Å². The summed E-state index contributed by atoms with van der Waals surface area (Å²) in [6.07, 6.45) is 11.7. The van der Waals surface area contributed by atoms with Crippen molar-refractivity contribution in [3.8, 4) is 0 Å². The molecule has 4 nitrogen and oxygen atoms in total. The van der Waals surface area contributed by atoms with E-state index in [1.165, 1.54) is 35.7 Å². The van der Waals surface area contributed by atoms with Crippen molar-refractivity contribution in [2.75, 3.05) is 0 Å². The molecule has 4 rings (SSSR count). The van der Waals surface area contributed by atoms with Gasteiger partial charge in [0.2, 0.25) is 0 Å². The first-order chi connectivity index (χ1) is 10.4. The molecule has 21 heavy (non-hydrogen) atoms. The smallest absolute Gasteiger partial charge is 0.0949 e. The third kappa shape index (κ3) is 2.36. The first kappa shape index (κ1) is 12.7. The molecule has 2 unspecified atom stereocenters. The molecule has 0 aliphatic heterocycles. The molecule has 4 heteroatoms. The predicted molar refractivity (Wildman–Crippen MR) is 84.0 cm³/mol. The molecule has 1 aliphatic rings. The Morgan fingerprint density at radius 3 is 3.19 bits per heavy atom. The highest BCUT2D eigenvalue weighted by Crippen LogP contribution is 2.30. The fraction of sp³-hybridized carbons (Fsp3) is 0.353. The maximum atomic E-state index is 4.18. The third-order valence-electron chi connectivity index (χ3n) is 4.62. The van der Waals surface area contributed by atoms with Gasteiger partial charge in [0, 0.05) is 42.7 Å². The van der Waals surface area contributed by atoms with Gasteiger partial charge >= 0.3 is 0 Å². The van der Waals surface area contributed by atoms with E-state index in [9.17, 15) is 0 Å². The highest BCUT2D eigenvalue weighted by atomic mass is 15.1. The topological polar surface area (TPSA) is 45.6 Å². The SMILES string of the molecule is c1cc(CNC2CCCC2n2ccnc2)c2[nH]ccc2c1. The Kier molecular flexibility index (Phi) is 3.24. The number of aromatic amines is 1. The quantitative estimate of drug-likeness (QED) is 0.770. The zero-order chi connectivity index (χ0) is 14.1. The molecule has 0 amide bonds. The lowest BCUT2D eigenvalue weighted by Gasteiger charge is -2.22. The van der Waals surface area contributed by atoms with Crippen molar-refractivity contribution in [2.24, 2.45) is 0 Å². The summed E-state index contributed by atoms with van der Waals surface area (Å²) in [5.41, 5.74) is 2.59. The Labute approximate surface area is 124 Å². The average Bonchev–Trinajstić information content (AvgIpc) is 3.23. The summed E-state index contributed by atoms with van der Waals surface area (Å²) in [6.45, 7) is 0.910. The molecule has 1 saturated carbocycles. The minimum atomic E-state index is 0.532. The van der Waals surface area contributed by atoms with Crippen LogP contribution in [0.2, 0.25) is 0 Å². The van der Waals surface area contributed by atoms with Crippen LogP contribution in [0.3, 0.4) is 0 Å². The number of nitrogens with one attached hydrogen (secondary N) is 2. The number of fused-ring (bicyclic) bond motifs is 1.